The summed E-state index contributed by atoms with van der Waals surface area (Å²) in [5.74, 6) is 1.25. The molecule has 134 valence electrons. The zero-order valence-corrected chi connectivity index (χ0v) is 16.2. The van der Waals surface area contributed by atoms with Crippen LogP contribution in [0.15, 0.2) is 27.4 Å². The van der Waals surface area contributed by atoms with Crippen LogP contribution in [0.3, 0.4) is 0 Å². The molecule has 1 aliphatic heterocycles. The van der Waals surface area contributed by atoms with Gasteiger partial charge in [-0.3, -0.25) is 4.99 Å². The predicted molar refractivity (Wildman–Crippen MR) is 105 cm³/mol. The molecule has 2 unspecified atom stereocenters. The van der Waals surface area contributed by atoms with Gasteiger partial charge in [-0.1, -0.05) is 11.6 Å². The number of anilines is 2. The van der Waals surface area contributed by atoms with Crippen molar-refractivity contribution in [3.05, 3.63) is 33.7 Å². The topological polar surface area (TPSA) is 81.8 Å². The molecule has 0 aromatic carbocycles. The first-order chi connectivity index (χ1) is 12.0. The number of allylic oxidation sites excluding steroid dienone is 2. The maximum Gasteiger partial charge on any atom is 0.166 e. The van der Waals surface area contributed by atoms with Gasteiger partial charge in [-0.15, -0.1) is 11.8 Å². The van der Waals surface area contributed by atoms with Crippen LogP contribution in [-0.4, -0.2) is 43.3 Å². The molecule has 0 radical (unpaired) electrons. The van der Waals surface area contributed by atoms with E-state index in [0.717, 1.165) is 28.2 Å². The Labute approximate surface area is 156 Å². The lowest BCUT2D eigenvalue weighted by atomic mass is 9.92. The number of pyridine rings is 1. The Morgan fingerprint density at radius 2 is 2.16 bits per heavy atom. The molecule has 0 fully saturated rings. The predicted octanol–water partition coefficient (Wildman–Crippen LogP) is 3.44. The van der Waals surface area contributed by atoms with Gasteiger partial charge in [0.2, 0.25) is 0 Å². The molecule has 0 spiro atoms. The summed E-state index contributed by atoms with van der Waals surface area (Å²) in [5, 5.41) is 3.88. The van der Waals surface area contributed by atoms with E-state index in [0.29, 0.717) is 23.0 Å². The van der Waals surface area contributed by atoms with E-state index in [2.05, 4.69) is 15.3 Å². The van der Waals surface area contributed by atoms with Crippen molar-refractivity contribution in [2.24, 2.45) is 4.99 Å². The number of thioether (sulfide) groups is 1. The fraction of sp³-hybridized carbons (Fsp3) is 0.412. The van der Waals surface area contributed by atoms with Crippen molar-refractivity contribution in [2.45, 2.75) is 24.9 Å². The number of hydrogen-bond donors (Lipinski definition) is 2. The van der Waals surface area contributed by atoms with Crippen molar-refractivity contribution in [3.8, 4) is 0 Å². The highest BCUT2D eigenvalue weighted by Gasteiger charge is 2.30. The zero-order chi connectivity index (χ0) is 18.1. The van der Waals surface area contributed by atoms with Crippen molar-refractivity contribution in [1.82, 2.24) is 4.98 Å². The molecule has 0 saturated heterocycles. The summed E-state index contributed by atoms with van der Waals surface area (Å²) in [5.41, 5.74) is 10.2. The number of aliphatic imine (C=N–C) groups is 1. The van der Waals surface area contributed by atoms with Gasteiger partial charge in [-0.25, -0.2) is 4.98 Å². The number of halogens is 1. The molecule has 3 rings (SSSR count). The normalized spacial score (nSPS) is 22.8. The molecule has 8 heteroatoms. The lowest BCUT2D eigenvalue weighted by molar-refractivity contribution is 0.118. The zero-order valence-electron chi connectivity index (χ0n) is 14.6. The quantitative estimate of drug-likeness (QED) is 0.832. The van der Waals surface area contributed by atoms with Crippen molar-refractivity contribution in [3.63, 3.8) is 0 Å². The summed E-state index contributed by atoms with van der Waals surface area (Å²) in [7, 11) is 3.28. The molecule has 1 aromatic heterocycles. The summed E-state index contributed by atoms with van der Waals surface area (Å²) in [4.78, 5) is 9.02. The van der Waals surface area contributed by atoms with Gasteiger partial charge in [-0.2, -0.15) is 0 Å². The van der Waals surface area contributed by atoms with Crippen molar-refractivity contribution < 1.29 is 9.47 Å². The fourth-order valence-electron chi connectivity index (χ4n) is 3.03. The fourth-order valence-corrected chi connectivity index (χ4v) is 3.85. The summed E-state index contributed by atoms with van der Waals surface area (Å²) in [6.07, 6.45) is 4.13. The van der Waals surface area contributed by atoms with Crippen LogP contribution >= 0.6 is 23.4 Å². The molecular formula is C17H21ClN4O2S. The average molecular weight is 381 g/mol. The Kier molecular flexibility index (Phi) is 5.27. The number of nitrogens with one attached hydrogen (secondary N) is 1. The number of nitrogen functional groups attached to an aromatic ring is 1. The molecular weight excluding hydrogens is 360 g/mol. The van der Waals surface area contributed by atoms with Gasteiger partial charge in [0.15, 0.2) is 5.50 Å². The van der Waals surface area contributed by atoms with Crippen LogP contribution in [0.5, 0.6) is 0 Å². The van der Waals surface area contributed by atoms with Crippen LogP contribution in [-0.2, 0) is 9.47 Å². The number of nitrogens with two attached hydrogens (primary N) is 1. The van der Waals surface area contributed by atoms with Crippen molar-refractivity contribution in [2.75, 3.05) is 31.5 Å². The van der Waals surface area contributed by atoms with Crippen LogP contribution in [0, 0.1) is 0 Å². The number of aromatic nitrogens is 1. The third-order valence-electron chi connectivity index (χ3n) is 4.39. The molecule has 2 atom stereocenters. The second-order valence-electron chi connectivity index (χ2n) is 5.77. The van der Waals surface area contributed by atoms with Gasteiger partial charge in [0.1, 0.15) is 17.7 Å². The summed E-state index contributed by atoms with van der Waals surface area (Å²) < 4.78 is 11.0. The Morgan fingerprint density at radius 3 is 2.80 bits per heavy atom. The minimum absolute atomic E-state index is 0.0560. The Morgan fingerprint density at radius 1 is 1.40 bits per heavy atom. The first-order valence-corrected chi connectivity index (χ1v) is 9.46. The highest BCUT2D eigenvalue weighted by atomic mass is 35.5. The minimum Gasteiger partial charge on any atom is -0.501 e. The Bertz CT molecular complexity index is 791. The third kappa shape index (κ3) is 3.23. The number of hydrogen-bond acceptors (Lipinski definition) is 7. The highest BCUT2D eigenvalue weighted by Crippen LogP contribution is 2.41. The molecule has 1 aromatic rings. The lowest BCUT2D eigenvalue weighted by Gasteiger charge is -2.27. The van der Waals surface area contributed by atoms with E-state index in [4.69, 9.17) is 26.8 Å². The van der Waals surface area contributed by atoms with E-state index in [9.17, 15) is 0 Å². The standard InChI is InChI=1S/C17H21ClN4O2S/c1-8-11(23-2)6-12(24-3)14(18)13(8)10-5-9-7-20-17(25-4)22-15(9)16(19)21-10/h5,7,12,17,22H,6H2,1-4H3,(H2,19,21). The highest BCUT2D eigenvalue weighted by molar-refractivity contribution is 7.99. The molecule has 3 N–H and O–H groups in total. The maximum atomic E-state index is 6.61. The van der Waals surface area contributed by atoms with Crippen LogP contribution in [0.4, 0.5) is 11.5 Å². The van der Waals surface area contributed by atoms with Crippen molar-refractivity contribution >= 4 is 46.7 Å². The van der Waals surface area contributed by atoms with E-state index < -0.39 is 0 Å². The number of ether oxygens (including phenoxy) is 2. The molecule has 0 saturated carbocycles. The second kappa shape index (κ2) is 7.27. The van der Waals surface area contributed by atoms with Crippen LogP contribution in [0.1, 0.15) is 24.6 Å². The molecule has 6 nitrogen and oxygen atoms in total. The largest absolute Gasteiger partial charge is 0.501 e. The SMILES string of the molecule is COC1=C(C)C(c2cc3c(c(N)n2)NC(SC)N=C3)=C(Cl)C(OC)C1. The van der Waals surface area contributed by atoms with E-state index in [1.54, 1.807) is 26.0 Å². The lowest BCUT2D eigenvalue weighted by Crippen LogP contribution is -2.22. The summed E-state index contributed by atoms with van der Waals surface area (Å²) in [6, 6.07) is 1.94. The smallest absolute Gasteiger partial charge is 0.166 e. The maximum absolute atomic E-state index is 6.61. The van der Waals surface area contributed by atoms with E-state index in [1.165, 1.54) is 0 Å². The monoisotopic (exact) mass is 380 g/mol. The summed E-state index contributed by atoms with van der Waals surface area (Å²) >= 11 is 8.21. The first-order valence-electron chi connectivity index (χ1n) is 7.80. The number of nitrogens with zero attached hydrogens (tertiary/aromatic N) is 2. The Hall–Kier alpha value is -1.70. The van der Waals surface area contributed by atoms with E-state index in [-0.39, 0.29) is 11.6 Å². The average Bonchev–Trinajstić information content (AvgIpc) is 2.62. The second-order valence-corrected chi connectivity index (χ2v) is 7.10. The van der Waals surface area contributed by atoms with Gasteiger partial charge in [0, 0.05) is 30.9 Å². The van der Waals surface area contributed by atoms with Gasteiger partial charge in [0.05, 0.1) is 23.5 Å². The van der Waals surface area contributed by atoms with Gasteiger partial charge in [0.25, 0.3) is 0 Å². The first kappa shape index (κ1) is 18.1. The molecule has 2 heterocycles. The van der Waals surface area contributed by atoms with E-state index in [1.807, 2.05) is 25.5 Å². The molecule has 25 heavy (non-hydrogen) atoms. The molecule has 1 aliphatic carbocycles. The van der Waals surface area contributed by atoms with Crippen molar-refractivity contribution in [1.29, 1.82) is 0 Å². The minimum atomic E-state index is -0.262. The van der Waals surface area contributed by atoms with Crippen LogP contribution in [0.25, 0.3) is 5.57 Å². The van der Waals surface area contributed by atoms with Crippen LogP contribution in [0.2, 0.25) is 0 Å². The number of rotatable bonds is 4. The molecule has 2 aliphatic rings. The van der Waals surface area contributed by atoms with E-state index >= 15 is 0 Å². The van der Waals surface area contributed by atoms with Gasteiger partial charge in [-0.05, 0) is 24.8 Å². The number of methoxy groups -OCH3 is 2. The Balaban J connectivity index is 2.12. The third-order valence-corrected chi connectivity index (χ3v) is 5.51. The number of fused-ring (bicyclic) bond motifs is 1. The molecule has 0 amide bonds. The van der Waals surface area contributed by atoms with Gasteiger partial charge < -0.3 is 20.5 Å². The summed E-state index contributed by atoms with van der Waals surface area (Å²) in [6.45, 7) is 1.97. The molecule has 0 bridgehead atoms. The van der Waals surface area contributed by atoms with Gasteiger partial charge >= 0.3 is 0 Å². The van der Waals surface area contributed by atoms with Crippen LogP contribution < -0.4 is 11.1 Å².